The van der Waals surface area contributed by atoms with Crippen LogP contribution in [-0.2, 0) is 96.1 Å². The second kappa shape index (κ2) is 41.9. The number of fused-ring (bicyclic) bond motifs is 1. The Kier molecular flexibility index (Phi) is 32.2. The number of carboxylic acids is 1. The van der Waals surface area contributed by atoms with Gasteiger partial charge in [-0.1, -0.05) is 131 Å². The SMILES string of the molecule is C[C@@H](O)C1NC(=O)[C@H](Cc2ccccc2)NC(=O)C([C@@H](C)O)NC(=O)[C@H](CCCCN)NC(=O)[C@@H](Cc2c[nH]c3ccccc23)NC(=O)[C@H](Cc2ccccc2)NC(=O)[C@H](Cc2ccccc2)NC(=O)C(Cc2cn[nH]c2)NC(=O)[C@H](Cc2c[nH]cn2)NC(=O)[C@@H](N)CSSC[C@@H](C(=O)O)NC(=O)[C@H](CO)NC1=O. The first-order valence-corrected chi connectivity index (χ1v) is 37.7. The molecule has 34 nitrogen and oxygen atoms in total. The van der Waals surface area contributed by atoms with Crippen molar-refractivity contribution in [3.8, 4) is 0 Å². The average Bonchev–Trinajstić information content (AvgIpc) is 1.72. The number of aromatic nitrogens is 5. The molecule has 1 saturated heterocycles. The van der Waals surface area contributed by atoms with E-state index in [0.717, 1.165) is 28.5 Å². The van der Waals surface area contributed by atoms with E-state index in [0.29, 0.717) is 50.8 Å². The Morgan fingerprint density at radius 1 is 0.477 bits per heavy atom. The zero-order valence-corrected chi connectivity index (χ0v) is 61.3. The summed E-state index contributed by atoms with van der Waals surface area (Å²) in [4.78, 5) is 184. The average molecular weight is 1540 g/mol. The number of nitrogens with two attached hydrogens (primary N) is 2. The van der Waals surface area contributed by atoms with Gasteiger partial charge in [0.05, 0.1) is 43.1 Å². The predicted octanol–water partition coefficient (Wildman–Crippen LogP) is -2.61. The van der Waals surface area contributed by atoms with Crippen molar-refractivity contribution < 1.29 is 78.0 Å². The van der Waals surface area contributed by atoms with Crippen LogP contribution in [0.4, 0.5) is 0 Å². The number of hydrogen-bond donors (Lipinski definition) is 20. The lowest BCUT2D eigenvalue weighted by Gasteiger charge is -2.29. The van der Waals surface area contributed by atoms with Gasteiger partial charge in [0, 0.05) is 79.5 Å². The molecule has 1 aliphatic heterocycles. The Hall–Kier alpha value is -11.0. The third-order valence-electron chi connectivity index (χ3n) is 17.7. The van der Waals surface area contributed by atoms with Crippen LogP contribution in [-0.4, -0.2) is 226 Å². The number of aliphatic hydroxyl groups is 3. The van der Waals surface area contributed by atoms with Gasteiger partial charge in [-0.2, -0.15) is 5.10 Å². The molecule has 14 atom stereocenters. The number of hydrogen-bond acceptors (Lipinski definition) is 21. The van der Waals surface area contributed by atoms with Crippen molar-refractivity contribution in [2.75, 3.05) is 24.7 Å². The van der Waals surface area contributed by atoms with Crippen LogP contribution in [0.3, 0.4) is 0 Å². The standard InChI is InChI=1S/C73H92N18O16S2/c1-40(93)60-71(104)87-54(28-44-20-10-5-11-21-44)69(102)91-61(41(2)94)72(105)88-58(36-92)70(103)89-59(73(106)107)38-109-108-37-49(75)62(95)82-57(31-47-35-76-39-78-47)68(101)85-55(29-45-32-79-80-33-45)66(99)84-52(26-42-16-6-3-7-17-42)64(97)83-53(27-43-18-8-4-9-19-43)65(98)86-56(30-46-34-77-50-23-13-12-22-48(46)50)67(100)81-51(63(96)90-60)24-14-15-25-74/h3-13,16-23,32-35,39-41,49,51-61,77,92-94H,14-15,24-31,36-38,74-75H2,1-2H3,(H,76,78)(H,79,80)(H,81,100)(H,82,95)(H,83,97)(H,84,99)(H,85,101)(H,86,98)(H,87,104)(H,88,105)(H,89,103)(H,90,96)(H,91,102)(H,106,107)/t40-,41-,49+,51+,52+,53+,54+,55?,56-,57+,58+,59+,60?,61?/m1/s1. The van der Waals surface area contributed by atoms with Crippen molar-refractivity contribution in [2.45, 2.75) is 156 Å². The number of rotatable bonds is 20. The lowest BCUT2D eigenvalue weighted by molar-refractivity contribution is -0.142. The fourth-order valence-corrected chi connectivity index (χ4v) is 14.0. The number of carbonyl (C=O) groups excluding carboxylic acids is 11. The summed E-state index contributed by atoms with van der Waals surface area (Å²) >= 11 is 0. The first-order valence-electron chi connectivity index (χ1n) is 35.2. The van der Waals surface area contributed by atoms with Crippen molar-refractivity contribution in [1.29, 1.82) is 0 Å². The zero-order valence-electron chi connectivity index (χ0n) is 59.7. The number of nitrogens with zero attached hydrogens (tertiary/aromatic N) is 2. The van der Waals surface area contributed by atoms with Crippen LogP contribution in [0.2, 0.25) is 0 Å². The molecule has 109 heavy (non-hydrogen) atoms. The van der Waals surface area contributed by atoms with E-state index in [1.807, 2.05) is 0 Å². The molecule has 4 aromatic carbocycles. The minimum absolute atomic E-state index is 0.125. The number of aliphatic carboxylic acids is 1. The van der Waals surface area contributed by atoms with Crippen molar-refractivity contribution in [2.24, 2.45) is 11.5 Å². The molecule has 1 fully saturated rings. The molecule has 3 aromatic heterocycles. The first kappa shape index (κ1) is 83.6. The quantitative estimate of drug-likeness (QED) is 0.0275. The number of aromatic amines is 3. The molecule has 0 aliphatic carbocycles. The second-order valence-electron chi connectivity index (χ2n) is 26.2. The minimum atomic E-state index is -1.93. The van der Waals surface area contributed by atoms with Crippen LogP contribution in [0.15, 0.2) is 146 Å². The Bertz CT molecular complexity index is 4180. The van der Waals surface area contributed by atoms with Gasteiger partial charge in [-0.25, -0.2) is 9.78 Å². The molecular weight excluding hydrogens is 1450 g/mol. The number of carbonyl (C=O) groups is 12. The van der Waals surface area contributed by atoms with Crippen molar-refractivity contribution >= 4 is 103 Å². The maximum absolute atomic E-state index is 15.4. The van der Waals surface area contributed by atoms with Gasteiger partial charge >= 0.3 is 5.97 Å². The first-order chi connectivity index (χ1) is 52.4. The molecule has 11 amide bonds. The molecule has 0 radical (unpaired) electrons. The minimum Gasteiger partial charge on any atom is -0.480 e. The Labute approximate surface area is 634 Å². The number of para-hydroxylation sites is 1. The van der Waals surface area contributed by atoms with Gasteiger partial charge < -0.3 is 100 Å². The van der Waals surface area contributed by atoms with E-state index in [1.54, 1.807) is 121 Å². The van der Waals surface area contributed by atoms with Crippen LogP contribution >= 0.6 is 21.6 Å². The summed E-state index contributed by atoms with van der Waals surface area (Å²) in [7, 11) is 1.77. The number of carboxylic acid groups (broad SMARTS) is 1. The fraction of sp³-hybridized carbons (Fsp3) is 0.397. The van der Waals surface area contributed by atoms with Crippen LogP contribution in [0.1, 0.15) is 66.6 Å². The number of unbranched alkanes of at least 4 members (excludes halogenated alkanes) is 1. The number of nitrogens with one attached hydrogen (secondary N) is 14. The number of amides is 11. The summed E-state index contributed by atoms with van der Waals surface area (Å²) in [6, 6.07) is 12.9. The van der Waals surface area contributed by atoms with E-state index in [-0.39, 0.29) is 63.7 Å². The van der Waals surface area contributed by atoms with E-state index in [1.165, 1.54) is 31.8 Å². The van der Waals surface area contributed by atoms with E-state index < -0.39 is 168 Å². The number of imidazole rings is 1. The summed E-state index contributed by atoms with van der Waals surface area (Å²) in [5.74, 6) is -13.3. The molecule has 4 heterocycles. The summed E-state index contributed by atoms with van der Waals surface area (Å²) in [5, 5.41) is 78.7. The lowest BCUT2D eigenvalue weighted by atomic mass is 10.00. The van der Waals surface area contributed by atoms with Gasteiger partial charge in [0.25, 0.3) is 0 Å². The van der Waals surface area contributed by atoms with E-state index in [9.17, 15) is 58.8 Å². The van der Waals surface area contributed by atoms with Gasteiger partial charge in [-0.05, 0) is 73.5 Å². The summed E-state index contributed by atoms with van der Waals surface area (Å²) in [6.07, 6.45) is 2.88. The van der Waals surface area contributed by atoms with Gasteiger partial charge in [0.15, 0.2) is 0 Å². The molecule has 3 unspecified atom stereocenters. The summed E-state index contributed by atoms with van der Waals surface area (Å²) in [5.41, 5.74) is 15.8. The Morgan fingerprint density at radius 2 is 0.899 bits per heavy atom. The molecule has 582 valence electrons. The van der Waals surface area contributed by atoms with Crippen LogP contribution in [0.5, 0.6) is 0 Å². The predicted molar refractivity (Wildman–Crippen MR) is 402 cm³/mol. The van der Waals surface area contributed by atoms with Gasteiger partial charge in [-0.15, -0.1) is 0 Å². The monoisotopic (exact) mass is 1540 g/mol. The molecule has 36 heteroatoms. The molecule has 8 rings (SSSR count). The van der Waals surface area contributed by atoms with Crippen LogP contribution in [0.25, 0.3) is 10.9 Å². The Morgan fingerprint density at radius 3 is 1.37 bits per heavy atom. The third-order valence-corrected chi connectivity index (χ3v) is 20.2. The fourth-order valence-electron chi connectivity index (χ4n) is 11.8. The van der Waals surface area contributed by atoms with Crippen molar-refractivity contribution in [3.05, 3.63) is 180 Å². The van der Waals surface area contributed by atoms with Crippen molar-refractivity contribution in [3.63, 3.8) is 0 Å². The third kappa shape index (κ3) is 25.6. The summed E-state index contributed by atoms with van der Waals surface area (Å²) < 4.78 is 0. The van der Waals surface area contributed by atoms with Gasteiger partial charge in [0.2, 0.25) is 65.0 Å². The number of benzene rings is 4. The Balaban J connectivity index is 1.17. The van der Waals surface area contributed by atoms with E-state index >= 15 is 19.2 Å². The second-order valence-corrected chi connectivity index (χ2v) is 28.7. The largest absolute Gasteiger partial charge is 0.480 e. The smallest absolute Gasteiger partial charge is 0.327 e. The van der Waals surface area contributed by atoms with Crippen molar-refractivity contribution in [1.82, 2.24) is 83.6 Å². The van der Waals surface area contributed by atoms with Gasteiger partial charge in [0.1, 0.15) is 66.5 Å². The van der Waals surface area contributed by atoms with E-state index in [2.05, 4.69) is 83.6 Å². The maximum atomic E-state index is 15.4. The molecular formula is C73H92N18O16S2. The highest BCUT2D eigenvalue weighted by Gasteiger charge is 2.39. The number of H-pyrrole nitrogens is 3. The maximum Gasteiger partial charge on any atom is 0.327 e. The molecule has 7 aromatic rings. The molecule has 1 aliphatic rings. The number of aliphatic hydroxyl groups excluding tert-OH is 3. The highest BCUT2D eigenvalue weighted by atomic mass is 33.1. The molecule has 22 N–H and O–H groups in total. The molecule has 0 saturated carbocycles. The highest BCUT2D eigenvalue weighted by Crippen LogP contribution is 2.24. The van der Waals surface area contributed by atoms with Gasteiger partial charge in [-0.3, -0.25) is 57.8 Å². The lowest BCUT2D eigenvalue weighted by Crippen LogP contribution is -2.63. The summed E-state index contributed by atoms with van der Waals surface area (Å²) in [6.45, 7) is 1.31. The van der Waals surface area contributed by atoms with Crippen LogP contribution in [0, 0.1) is 0 Å². The van der Waals surface area contributed by atoms with Crippen LogP contribution < -0.4 is 70.0 Å². The highest BCUT2D eigenvalue weighted by molar-refractivity contribution is 8.76. The molecule has 0 bridgehead atoms. The van der Waals surface area contributed by atoms with E-state index in [4.69, 9.17) is 11.5 Å². The normalized spacial score (nSPS) is 24.3. The zero-order chi connectivity index (χ0) is 78.5. The topological polar surface area (TPSA) is 543 Å². The molecule has 0 spiro atoms.